The van der Waals surface area contributed by atoms with E-state index < -0.39 is 0 Å². The zero-order chi connectivity index (χ0) is 6.27. The number of likely N-dealkylation sites (N-methyl/N-ethyl adjacent to an activating group) is 1. The van der Waals surface area contributed by atoms with E-state index >= 15 is 0 Å². The highest BCUT2D eigenvalue weighted by Gasteiger charge is 2.33. The highest BCUT2D eigenvalue weighted by Crippen LogP contribution is 2.22. The number of rotatable bonds is 0. The Balaban J connectivity index is 2.02. The summed E-state index contributed by atoms with van der Waals surface area (Å²) >= 11 is 0. The van der Waals surface area contributed by atoms with Gasteiger partial charge in [-0.25, -0.2) is 0 Å². The first kappa shape index (κ1) is 5.69. The second-order valence-electron chi connectivity index (χ2n) is 3.33. The van der Waals surface area contributed by atoms with Crippen LogP contribution >= 0.6 is 0 Å². The van der Waals surface area contributed by atoms with Crippen LogP contribution in [-0.2, 0) is 0 Å². The molecule has 0 aliphatic carbocycles. The van der Waals surface area contributed by atoms with Gasteiger partial charge in [0.1, 0.15) is 0 Å². The summed E-state index contributed by atoms with van der Waals surface area (Å²) in [4.78, 5) is 2.42. The van der Waals surface area contributed by atoms with E-state index in [1.807, 2.05) is 0 Å². The summed E-state index contributed by atoms with van der Waals surface area (Å²) in [7, 11) is 2.21. The molecule has 2 atom stereocenters. The lowest BCUT2D eigenvalue weighted by molar-refractivity contribution is 0.382. The van der Waals surface area contributed by atoms with Gasteiger partial charge in [-0.1, -0.05) is 0 Å². The standard InChI is InChI=1S/C7H14N2/c1-9-4-6-2-3-8-7(6)5-9/h6-8H,2-5H2,1H3/t6?,7-/m0/s1. The van der Waals surface area contributed by atoms with Crippen LogP contribution in [0.15, 0.2) is 0 Å². The summed E-state index contributed by atoms with van der Waals surface area (Å²) in [6, 6.07) is 0.829. The van der Waals surface area contributed by atoms with Crippen LogP contribution in [0.4, 0.5) is 0 Å². The summed E-state index contributed by atoms with van der Waals surface area (Å²) in [5.41, 5.74) is 0. The van der Waals surface area contributed by atoms with E-state index in [9.17, 15) is 0 Å². The fourth-order valence-electron chi connectivity index (χ4n) is 2.06. The van der Waals surface area contributed by atoms with Crippen molar-refractivity contribution in [1.82, 2.24) is 10.2 Å². The molecule has 2 heteroatoms. The Morgan fingerprint density at radius 1 is 1.44 bits per heavy atom. The van der Waals surface area contributed by atoms with Gasteiger partial charge in [0.2, 0.25) is 0 Å². The van der Waals surface area contributed by atoms with Gasteiger partial charge in [0.05, 0.1) is 0 Å². The van der Waals surface area contributed by atoms with Crippen molar-refractivity contribution in [2.24, 2.45) is 5.92 Å². The van der Waals surface area contributed by atoms with Crippen LogP contribution < -0.4 is 5.32 Å². The molecule has 0 bridgehead atoms. The molecule has 2 aliphatic heterocycles. The lowest BCUT2D eigenvalue weighted by Crippen LogP contribution is -2.28. The van der Waals surface area contributed by atoms with E-state index in [1.54, 1.807) is 0 Å². The molecule has 52 valence electrons. The highest BCUT2D eigenvalue weighted by molar-refractivity contribution is 4.92. The summed E-state index contributed by atoms with van der Waals surface area (Å²) in [6.07, 6.45) is 1.40. The molecule has 2 saturated heterocycles. The first-order chi connectivity index (χ1) is 4.36. The van der Waals surface area contributed by atoms with E-state index in [-0.39, 0.29) is 0 Å². The molecule has 2 heterocycles. The monoisotopic (exact) mass is 126 g/mol. The lowest BCUT2D eigenvalue weighted by atomic mass is 10.1. The average Bonchev–Trinajstić information content (AvgIpc) is 2.22. The SMILES string of the molecule is CN1CC2CCN[C@H]2C1. The van der Waals surface area contributed by atoms with Crippen molar-refractivity contribution in [2.75, 3.05) is 26.7 Å². The molecule has 0 aromatic rings. The quantitative estimate of drug-likeness (QED) is 0.488. The molecular weight excluding hydrogens is 112 g/mol. The summed E-state index contributed by atoms with van der Waals surface area (Å²) in [5.74, 6) is 0.968. The minimum absolute atomic E-state index is 0.829. The molecule has 0 saturated carbocycles. The number of likely N-dealkylation sites (tertiary alicyclic amines) is 1. The van der Waals surface area contributed by atoms with E-state index in [2.05, 4.69) is 17.3 Å². The lowest BCUT2D eigenvalue weighted by Gasteiger charge is -2.07. The first-order valence-electron chi connectivity index (χ1n) is 3.78. The number of hydrogen-bond acceptors (Lipinski definition) is 2. The van der Waals surface area contributed by atoms with E-state index in [0.717, 1.165) is 12.0 Å². The van der Waals surface area contributed by atoms with Crippen molar-refractivity contribution in [2.45, 2.75) is 12.5 Å². The zero-order valence-electron chi connectivity index (χ0n) is 5.93. The predicted molar refractivity (Wildman–Crippen MR) is 37.4 cm³/mol. The minimum atomic E-state index is 0.829. The van der Waals surface area contributed by atoms with Crippen LogP contribution in [0.25, 0.3) is 0 Å². The van der Waals surface area contributed by atoms with E-state index in [4.69, 9.17) is 0 Å². The number of hydrogen-bond donors (Lipinski definition) is 1. The van der Waals surface area contributed by atoms with Crippen molar-refractivity contribution in [3.05, 3.63) is 0 Å². The molecule has 0 radical (unpaired) electrons. The number of fused-ring (bicyclic) bond motifs is 1. The molecule has 2 fully saturated rings. The largest absolute Gasteiger partial charge is 0.312 e. The molecule has 9 heavy (non-hydrogen) atoms. The van der Waals surface area contributed by atoms with Crippen LogP contribution in [0, 0.1) is 5.92 Å². The van der Waals surface area contributed by atoms with Gasteiger partial charge in [-0.15, -0.1) is 0 Å². The third kappa shape index (κ3) is 0.864. The van der Waals surface area contributed by atoms with E-state index in [1.165, 1.54) is 26.1 Å². The van der Waals surface area contributed by atoms with Crippen LogP contribution in [-0.4, -0.2) is 37.6 Å². The Kier molecular flexibility index (Phi) is 1.24. The van der Waals surface area contributed by atoms with Gasteiger partial charge in [0, 0.05) is 19.1 Å². The second-order valence-corrected chi connectivity index (χ2v) is 3.33. The molecule has 2 nitrogen and oxygen atoms in total. The topological polar surface area (TPSA) is 15.3 Å². The predicted octanol–water partition coefficient (Wildman–Crippen LogP) is -0.0901. The molecule has 2 aliphatic rings. The Morgan fingerprint density at radius 2 is 2.33 bits per heavy atom. The van der Waals surface area contributed by atoms with Crippen LogP contribution in [0.1, 0.15) is 6.42 Å². The molecule has 2 rings (SSSR count). The van der Waals surface area contributed by atoms with Crippen LogP contribution in [0.3, 0.4) is 0 Å². The zero-order valence-corrected chi connectivity index (χ0v) is 5.93. The van der Waals surface area contributed by atoms with E-state index in [0.29, 0.717) is 0 Å². The fraction of sp³-hybridized carbons (Fsp3) is 1.00. The van der Waals surface area contributed by atoms with Gasteiger partial charge in [-0.2, -0.15) is 0 Å². The third-order valence-electron chi connectivity index (χ3n) is 2.55. The Labute approximate surface area is 56.2 Å². The van der Waals surface area contributed by atoms with Gasteiger partial charge in [0.15, 0.2) is 0 Å². The molecule has 0 amide bonds. The van der Waals surface area contributed by atoms with Crippen molar-refractivity contribution < 1.29 is 0 Å². The maximum Gasteiger partial charge on any atom is 0.0235 e. The second kappa shape index (κ2) is 1.96. The van der Waals surface area contributed by atoms with Gasteiger partial charge < -0.3 is 10.2 Å². The summed E-state index contributed by atoms with van der Waals surface area (Å²) in [5, 5.41) is 3.51. The molecule has 0 spiro atoms. The average molecular weight is 126 g/mol. The van der Waals surface area contributed by atoms with Gasteiger partial charge >= 0.3 is 0 Å². The van der Waals surface area contributed by atoms with Crippen LogP contribution in [0.2, 0.25) is 0 Å². The van der Waals surface area contributed by atoms with Crippen molar-refractivity contribution >= 4 is 0 Å². The number of nitrogens with zero attached hydrogens (tertiary/aromatic N) is 1. The normalized spacial score (nSPS) is 43.7. The van der Waals surface area contributed by atoms with Crippen LogP contribution in [0.5, 0.6) is 0 Å². The van der Waals surface area contributed by atoms with Crippen molar-refractivity contribution in [1.29, 1.82) is 0 Å². The maximum atomic E-state index is 3.51. The van der Waals surface area contributed by atoms with Crippen molar-refractivity contribution in [3.8, 4) is 0 Å². The van der Waals surface area contributed by atoms with Gasteiger partial charge in [-0.05, 0) is 25.9 Å². The third-order valence-corrected chi connectivity index (χ3v) is 2.55. The molecular formula is C7H14N2. The van der Waals surface area contributed by atoms with Gasteiger partial charge in [-0.3, -0.25) is 0 Å². The molecule has 1 N–H and O–H groups in total. The molecule has 1 unspecified atom stereocenters. The Morgan fingerprint density at radius 3 is 3.11 bits per heavy atom. The number of nitrogens with one attached hydrogen (secondary N) is 1. The minimum Gasteiger partial charge on any atom is -0.312 e. The fourth-order valence-corrected chi connectivity index (χ4v) is 2.06. The highest BCUT2D eigenvalue weighted by atomic mass is 15.2. The summed E-state index contributed by atoms with van der Waals surface area (Å²) < 4.78 is 0. The van der Waals surface area contributed by atoms with Gasteiger partial charge in [0.25, 0.3) is 0 Å². The Hall–Kier alpha value is -0.0800. The molecule has 0 aromatic carbocycles. The molecule has 0 aromatic heterocycles. The first-order valence-corrected chi connectivity index (χ1v) is 3.78. The summed E-state index contributed by atoms with van der Waals surface area (Å²) in [6.45, 7) is 3.84. The van der Waals surface area contributed by atoms with Crippen molar-refractivity contribution in [3.63, 3.8) is 0 Å². The smallest absolute Gasteiger partial charge is 0.0235 e. The maximum absolute atomic E-state index is 3.51. The Bertz CT molecular complexity index is 101.